The van der Waals surface area contributed by atoms with Crippen LogP contribution in [0.1, 0.15) is 22.9 Å². The quantitative estimate of drug-likeness (QED) is 0.774. The Balaban J connectivity index is 3.20. The van der Waals surface area contributed by atoms with E-state index in [1.165, 1.54) is 13.0 Å². The molecule has 0 N–H and O–H groups in total. The minimum absolute atomic E-state index is 0.0298. The number of alkyl halides is 2. The highest BCUT2D eigenvalue weighted by atomic mass is 79.9. The van der Waals surface area contributed by atoms with Crippen molar-refractivity contribution in [2.24, 2.45) is 0 Å². The van der Waals surface area contributed by atoms with Crippen molar-refractivity contribution in [3.63, 3.8) is 0 Å². The molecule has 0 radical (unpaired) electrons. The summed E-state index contributed by atoms with van der Waals surface area (Å²) in [7, 11) is 0. The van der Waals surface area contributed by atoms with Crippen LogP contribution in [0.25, 0.3) is 0 Å². The molecule has 0 saturated carbocycles. The van der Waals surface area contributed by atoms with Gasteiger partial charge in [0.2, 0.25) is 0 Å². The van der Waals surface area contributed by atoms with Gasteiger partial charge in [-0.3, -0.25) is 4.79 Å². The van der Waals surface area contributed by atoms with Crippen molar-refractivity contribution in [3.8, 4) is 0 Å². The summed E-state index contributed by atoms with van der Waals surface area (Å²) >= 11 is 6.44. The average Bonchev–Trinajstić information content (AvgIpc) is 2.16. The molecule has 0 fully saturated rings. The fraction of sp³-hybridized carbons (Fsp3) is 0.300. The SMILES string of the molecule is CC(=O)C(Br)c1cccc(F)c1CBr. The topological polar surface area (TPSA) is 17.1 Å². The van der Waals surface area contributed by atoms with Gasteiger partial charge < -0.3 is 0 Å². The Morgan fingerprint density at radius 3 is 2.71 bits per heavy atom. The zero-order valence-corrected chi connectivity index (χ0v) is 10.7. The van der Waals surface area contributed by atoms with Crippen LogP contribution in [0, 0.1) is 5.82 Å². The summed E-state index contributed by atoms with van der Waals surface area (Å²) < 4.78 is 13.3. The Bertz CT molecular complexity index is 352. The molecular weight excluding hydrogens is 315 g/mol. The first kappa shape index (κ1) is 11.9. The van der Waals surface area contributed by atoms with Crippen molar-refractivity contribution in [1.82, 2.24) is 0 Å². The van der Waals surface area contributed by atoms with Crippen molar-refractivity contribution in [2.75, 3.05) is 0 Å². The summed E-state index contributed by atoms with van der Waals surface area (Å²) in [6.45, 7) is 1.47. The van der Waals surface area contributed by atoms with Gasteiger partial charge in [-0.2, -0.15) is 0 Å². The van der Waals surface area contributed by atoms with E-state index < -0.39 is 4.83 Å². The minimum Gasteiger partial charge on any atom is -0.298 e. The second-order valence-electron chi connectivity index (χ2n) is 2.91. The maximum atomic E-state index is 13.3. The molecule has 0 heterocycles. The van der Waals surface area contributed by atoms with E-state index in [0.29, 0.717) is 16.5 Å². The Labute approximate surface area is 99.0 Å². The standard InChI is InChI=1S/C10H9Br2FO/c1-6(14)10(12)7-3-2-4-9(13)8(7)5-11/h2-4,10H,5H2,1H3. The number of Topliss-reactive ketones (excluding diaryl/α,β-unsaturated/α-hetero) is 1. The lowest BCUT2D eigenvalue weighted by molar-refractivity contribution is -0.116. The highest BCUT2D eigenvalue weighted by molar-refractivity contribution is 9.09. The molecule has 0 spiro atoms. The Morgan fingerprint density at radius 2 is 2.21 bits per heavy atom. The van der Waals surface area contributed by atoms with Crippen molar-refractivity contribution < 1.29 is 9.18 Å². The molecule has 0 bridgehead atoms. The van der Waals surface area contributed by atoms with Crippen LogP contribution in [0.2, 0.25) is 0 Å². The van der Waals surface area contributed by atoms with Crippen LogP contribution in [-0.4, -0.2) is 5.78 Å². The zero-order chi connectivity index (χ0) is 10.7. The third kappa shape index (κ3) is 2.42. The van der Waals surface area contributed by atoms with Crippen molar-refractivity contribution in [2.45, 2.75) is 17.1 Å². The summed E-state index contributed by atoms with van der Waals surface area (Å²) in [6, 6.07) is 4.74. The molecule has 0 saturated heterocycles. The van der Waals surface area contributed by atoms with Crippen LogP contribution in [0.3, 0.4) is 0 Å². The van der Waals surface area contributed by atoms with Crippen molar-refractivity contribution >= 4 is 37.6 Å². The summed E-state index contributed by atoms with van der Waals surface area (Å²) in [5.74, 6) is -0.317. The molecule has 0 aliphatic heterocycles. The Hall–Kier alpha value is -0.220. The molecule has 0 amide bonds. The van der Waals surface area contributed by atoms with E-state index in [1.54, 1.807) is 12.1 Å². The monoisotopic (exact) mass is 322 g/mol. The van der Waals surface area contributed by atoms with Gasteiger partial charge >= 0.3 is 0 Å². The third-order valence-corrected chi connectivity index (χ3v) is 3.62. The smallest absolute Gasteiger partial charge is 0.147 e. The number of rotatable bonds is 3. The first-order valence-electron chi connectivity index (χ1n) is 4.05. The lowest BCUT2D eigenvalue weighted by atomic mass is 10.0. The van der Waals surface area contributed by atoms with E-state index in [4.69, 9.17) is 0 Å². The predicted molar refractivity (Wildman–Crippen MR) is 61.4 cm³/mol. The molecule has 0 aliphatic rings. The number of hydrogen-bond donors (Lipinski definition) is 0. The number of benzene rings is 1. The van der Waals surface area contributed by atoms with E-state index in [-0.39, 0.29) is 11.6 Å². The molecule has 1 unspecified atom stereocenters. The van der Waals surface area contributed by atoms with Crippen LogP contribution in [-0.2, 0) is 10.1 Å². The Kier molecular flexibility index (Phi) is 4.26. The van der Waals surface area contributed by atoms with Crippen LogP contribution in [0.4, 0.5) is 4.39 Å². The lowest BCUT2D eigenvalue weighted by Crippen LogP contribution is -2.05. The minimum atomic E-state index is -0.425. The van der Waals surface area contributed by atoms with E-state index >= 15 is 0 Å². The number of carbonyl (C=O) groups excluding carboxylic acids is 1. The zero-order valence-electron chi connectivity index (χ0n) is 7.56. The number of carbonyl (C=O) groups is 1. The molecule has 1 rings (SSSR count). The molecule has 1 aromatic carbocycles. The van der Waals surface area contributed by atoms with Crippen LogP contribution >= 0.6 is 31.9 Å². The van der Waals surface area contributed by atoms with Gasteiger partial charge in [0, 0.05) is 10.9 Å². The molecular formula is C10H9Br2FO. The fourth-order valence-electron chi connectivity index (χ4n) is 1.17. The lowest BCUT2D eigenvalue weighted by Gasteiger charge is -2.11. The van der Waals surface area contributed by atoms with E-state index in [1.807, 2.05) is 0 Å². The van der Waals surface area contributed by atoms with Crippen LogP contribution in [0.15, 0.2) is 18.2 Å². The summed E-state index contributed by atoms with van der Waals surface area (Å²) in [5.41, 5.74) is 1.22. The van der Waals surface area contributed by atoms with Crippen molar-refractivity contribution in [3.05, 3.63) is 35.1 Å². The summed E-state index contributed by atoms with van der Waals surface area (Å²) in [6.07, 6.45) is 0. The van der Waals surface area contributed by atoms with Gasteiger partial charge in [0.05, 0.1) is 4.83 Å². The first-order valence-corrected chi connectivity index (χ1v) is 6.09. The number of halogens is 3. The molecule has 4 heteroatoms. The van der Waals surface area contributed by atoms with Gasteiger partial charge in [-0.25, -0.2) is 4.39 Å². The molecule has 1 nitrogen and oxygen atoms in total. The normalized spacial score (nSPS) is 12.6. The van der Waals surface area contributed by atoms with Crippen molar-refractivity contribution in [1.29, 1.82) is 0 Å². The van der Waals surface area contributed by atoms with E-state index in [0.717, 1.165) is 0 Å². The largest absolute Gasteiger partial charge is 0.298 e. The highest BCUT2D eigenvalue weighted by Gasteiger charge is 2.17. The molecule has 0 aromatic heterocycles. The van der Waals surface area contributed by atoms with Gasteiger partial charge in [-0.05, 0) is 18.6 Å². The first-order chi connectivity index (χ1) is 6.57. The summed E-state index contributed by atoms with van der Waals surface area (Å²) in [5, 5.41) is 0.407. The Morgan fingerprint density at radius 1 is 1.57 bits per heavy atom. The second kappa shape index (κ2) is 5.03. The molecule has 1 aromatic rings. The maximum absolute atomic E-state index is 13.3. The third-order valence-electron chi connectivity index (χ3n) is 1.92. The predicted octanol–water partition coefficient (Wildman–Crippen LogP) is 3.75. The molecule has 14 heavy (non-hydrogen) atoms. The van der Waals surface area contributed by atoms with Gasteiger partial charge in [0.1, 0.15) is 11.6 Å². The van der Waals surface area contributed by atoms with Gasteiger partial charge in [0.15, 0.2) is 0 Å². The van der Waals surface area contributed by atoms with Gasteiger partial charge in [-0.15, -0.1) is 0 Å². The van der Waals surface area contributed by atoms with E-state index in [2.05, 4.69) is 31.9 Å². The van der Waals surface area contributed by atoms with Crippen LogP contribution in [0.5, 0.6) is 0 Å². The number of ketones is 1. The van der Waals surface area contributed by atoms with E-state index in [9.17, 15) is 9.18 Å². The number of hydrogen-bond acceptors (Lipinski definition) is 1. The average molecular weight is 324 g/mol. The maximum Gasteiger partial charge on any atom is 0.147 e. The summed E-state index contributed by atoms with van der Waals surface area (Å²) in [4.78, 5) is 10.7. The molecule has 1 atom stereocenters. The second-order valence-corrected chi connectivity index (χ2v) is 4.39. The van der Waals surface area contributed by atoms with Gasteiger partial charge in [-0.1, -0.05) is 44.0 Å². The molecule has 76 valence electrons. The highest BCUT2D eigenvalue weighted by Crippen LogP contribution is 2.29. The van der Waals surface area contributed by atoms with Crippen LogP contribution < -0.4 is 0 Å². The molecule has 0 aliphatic carbocycles. The van der Waals surface area contributed by atoms with Gasteiger partial charge in [0.25, 0.3) is 0 Å². The fourth-order valence-corrected chi connectivity index (χ4v) is 2.19.